The average molecular weight is 448 g/mol. The zero-order valence-electron chi connectivity index (χ0n) is 17.4. The minimum Gasteiger partial charge on any atom is -0.484 e. The molecule has 4 rings (SSSR count). The molecule has 9 heteroatoms. The normalized spacial score (nSPS) is 17.1. The number of benzene rings is 1. The molecule has 170 valence electrons. The molecule has 2 atom stereocenters. The number of halogens is 3. The molecule has 2 N–H and O–H groups in total. The number of nitrogens with zero attached hydrogens (tertiary/aromatic N) is 1. The first kappa shape index (κ1) is 22.1. The van der Waals surface area contributed by atoms with Crippen molar-refractivity contribution in [2.24, 2.45) is 0 Å². The number of nitrogens with one attached hydrogen (secondary N) is 1. The van der Waals surface area contributed by atoms with Crippen LogP contribution >= 0.6 is 0 Å². The third kappa shape index (κ3) is 4.72. The number of alkyl halides is 3. The largest absolute Gasteiger partial charge is 0.484 e. The van der Waals surface area contributed by atoms with E-state index in [9.17, 15) is 23.1 Å². The van der Waals surface area contributed by atoms with Crippen LogP contribution in [0.5, 0.6) is 5.75 Å². The number of hydrogen-bond donors (Lipinski definition) is 2. The van der Waals surface area contributed by atoms with E-state index in [1.807, 2.05) is 12.1 Å². The predicted molar refractivity (Wildman–Crippen MR) is 111 cm³/mol. The van der Waals surface area contributed by atoms with Gasteiger partial charge in [0, 0.05) is 11.6 Å². The topological polar surface area (TPSA) is 84.6 Å². The van der Waals surface area contributed by atoms with E-state index < -0.39 is 31.2 Å². The van der Waals surface area contributed by atoms with E-state index in [2.05, 4.69) is 10.3 Å². The van der Waals surface area contributed by atoms with Crippen molar-refractivity contribution in [3.05, 3.63) is 59.1 Å². The third-order valence-electron chi connectivity index (χ3n) is 5.52. The van der Waals surface area contributed by atoms with Crippen LogP contribution in [0, 0.1) is 6.92 Å². The van der Waals surface area contributed by atoms with Crippen LogP contribution in [0.25, 0.3) is 11.0 Å². The molecule has 1 aliphatic rings. The van der Waals surface area contributed by atoms with Crippen molar-refractivity contribution < 1.29 is 32.2 Å². The summed E-state index contributed by atoms with van der Waals surface area (Å²) in [7, 11) is 0. The zero-order valence-corrected chi connectivity index (χ0v) is 17.4. The fourth-order valence-electron chi connectivity index (χ4n) is 4.10. The first-order valence-electron chi connectivity index (χ1n) is 10.4. The number of aliphatic hydroxyl groups is 1. The monoisotopic (exact) mass is 448 g/mol. The van der Waals surface area contributed by atoms with Crippen molar-refractivity contribution in [2.75, 3.05) is 6.61 Å². The van der Waals surface area contributed by atoms with E-state index in [1.165, 1.54) is 0 Å². The Labute approximate surface area is 182 Å². The summed E-state index contributed by atoms with van der Waals surface area (Å²) in [5.41, 5.74) is 2.56. The molecule has 6 nitrogen and oxygen atoms in total. The van der Waals surface area contributed by atoms with Crippen molar-refractivity contribution in [3.8, 4) is 5.75 Å². The lowest BCUT2D eigenvalue weighted by atomic mass is 9.94. The van der Waals surface area contributed by atoms with Gasteiger partial charge in [0.2, 0.25) is 0 Å². The first-order chi connectivity index (χ1) is 15.2. The molecule has 0 saturated heterocycles. The van der Waals surface area contributed by atoms with E-state index in [1.54, 1.807) is 31.3 Å². The summed E-state index contributed by atoms with van der Waals surface area (Å²) in [6.45, 7) is 0.733. The summed E-state index contributed by atoms with van der Waals surface area (Å²) in [4.78, 5) is 17.2. The Hall–Kier alpha value is -3.07. The molecule has 32 heavy (non-hydrogen) atoms. The molecule has 0 radical (unpaired) electrons. The number of hydrogen-bond acceptors (Lipinski definition) is 5. The van der Waals surface area contributed by atoms with Crippen LogP contribution in [0.1, 0.15) is 52.7 Å². The van der Waals surface area contributed by atoms with Crippen LogP contribution in [-0.2, 0) is 6.42 Å². The van der Waals surface area contributed by atoms with Crippen molar-refractivity contribution >= 4 is 16.9 Å². The van der Waals surface area contributed by atoms with E-state index >= 15 is 0 Å². The van der Waals surface area contributed by atoms with Gasteiger partial charge in [-0.05, 0) is 56.0 Å². The van der Waals surface area contributed by atoms with Crippen LogP contribution < -0.4 is 10.1 Å². The Morgan fingerprint density at radius 1 is 1.38 bits per heavy atom. The fourth-order valence-corrected chi connectivity index (χ4v) is 4.10. The second-order valence-corrected chi connectivity index (χ2v) is 7.91. The van der Waals surface area contributed by atoms with Crippen LogP contribution in [0.3, 0.4) is 0 Å². The van der Waals surface area contributed by atoms with Crippen molar-refractivity contribution in [3.63, 3.8) is 0 Å². The van der Waals surface area contributed by atoms with Gasteiger partial charge in [-0.2, -0.15) is 13.2 Å². The number of rotatable bonds is 6. The maximum Gasteiger partial charge on any atom is 0.391 e. The number of furan rings is 1. The van der Waals surface area contributed by atoms with Crippen LogP contribution in [0.4, 0.5) is 13.2 Å². The second-order valence-electron chi connectivity index (χ2n) is 7.91. The lowest BCUT2D eigenvalue weighted by Gasteiger charge is -2.25. The number of carbonyl (C=O) groups excluding carboxylic acids is 1. The van der Waals surface area contributed by atoms with Crippen molar-refractivity contribution in [2.45, 2.75) is 50.9 Å². The molecule has 1 aliphatic carbocycles. The molecule has 2 unspecified atom stereocenters. The Morgan fingerprint density at radius 3 is 2.94 bits per heavy atom. The molecule has 3 aromatic rings. The fraction of sp³-hybridized carbons (Fsp3) is 0.391. The minimum atomic E-state index is -4.51. The van der Waals surface area contributed by atoms with Gasteiger partial charge < -0.3 is 19.6 Å². The highest BCUT2D eigenvalue weighted by Gasteiger charge is 2.33. The molecular weight excluding hydrogens is 425 g/mol. The number of carbonyl (C=O) groups is 1. The van der Waals surface area contributed by atoms with Gasteiger partial charge in [-0.15, -0.1) is 0 Å². The Balaban J connectivity index is 1.60. The molecule has 1 aromatic carbocycles. The summed E-state index contributed by atoms with van der Waals surface area (Å²) in [6.07, 6.45) is -1.64. The standard InChI is InChI=1S/C23H23F3N2O4/c1-13-20(22(30)28-15(12-29)11-23(24,25)26)17-10-16(7-8-18(17)31-13)32-19-6-2-4-14-5-3-9-27-21(14)19/h3,5,7-10,15,19,29H,2,4,6,11-12H2,1H3,(H,28,30). The maximum atomic E-state index is 12.8. The first-order valence-corrected chi connectivity index (χ1v) is 10.4. The Kier molecular flexibility index (Phi) is 6.10. The molecular formula is C23H23F3N2O4. The van der Waals surface area contributed by atoms with Crippen LogP contribution in [0.15, 0.2) is 40.9 Å². The summed E-state index contributed by atoms with van der Waals surface area (Å²) >= 11 is 0. The molecule has 0 saturated carbocycles. The number of fused-ring (bicyclic) bond motifs is 2. The molecule has 2 heterocycles. The quantitative estimate of drug-likeness (QED) is 0.574. The van der Waals surface area contributed by atoms with Crippen LogP contribution in [0.2, 0.25) is 0 Å². The summed E-state index contributed by atoms with van der Waals surface area (Å²) in [6, 6.07) is 7.51. The van der Waals surface area contributed by atoms with Gasteiger partial charge in [0.15, 0.2) is 0 Å². The number of aliphatic hydroxyl groups excluding tert-OH is 1. The van der Waals surface area contributed by atoms with Crippen LogP contribution in [-0.4, -0.2) is 34.8 Å². The average Bonchev–Trinajstić information content (AvgIpc) is 3.07. The zero-order chi connectivity index (χ0) is 22.9. The highest BCUT2D eigenvalue weighted by molar-refractivity contribution is 6.07. The Bertz CT molecular complexity index is 1130. The molecule has 0 bridgehead atoms. The van der Waals surface area contributed by atoms with E-state index in [4.69, 9.17) is 9.15 Å². The summed E-state index contributed by atoms with van der Waals surface area (Å²) in [5, 5.41) is 11.9. The maximum absolute atomic E-state index is 12.8. The lowest BCUT2D eigenvalue weighted by molar-refractivity contribution is -0.141. The van der Waals surface area contributed by atoms with Gasteiger partial charge in [0.1, 0.15) is 23.2 Å². The van der Waals surface area contributed by atoms with Gasteiger partial charge in [0.05, 0.1) is 30.3 Å². The van der Waals surface area contributed by atoms with E-state index in [0.717, 1.165) is 30.5 Å². The SMILES string of the molecule is Cc1oc2ccc(OC3CCCc4cccnc43)cc2c1C(=O)NC(CO)CC(F)(F)F. The Morgan fingerprint density at radius 2 is 2.19 bits per heavy atom. The molecule has 1 amide bonds. The highest BCUT2D eigenvalue weighted by atomic mass is 19.4. The number of amides is 1. The van der Waals surface area contributed by atoms with Crippen molar-refractivity contribution in [1.29, 1.82) is 0 Å². The number of pyridine rings is 1. The van der Waals surface area contributed by atoms with Crippen molar-refractivity contribution in [1.82, 2.24) is 10.3 Å². The minimum absolute atomic E-state index is 0.119. The van der Waals surface area contributed by atoms with E-state index in [-0.39, 0.29) is 17.4 Å². The molecule has 2 aromatic heterocycles. The molecule has 0 spiro atoms. The molecule has 0 aliphatic heterocycles. The summed E-state index contributed by atoms with van der Waals surface area (Å²) < 4.78 is 49.9. The van der Waals surface area contributed by atoms with E-state index in [0.29, 0.717) is 16.7 Å². The predicted octanol–water partition coefficient (Wildman–Crippen LogP) is 4.64. The highest BCUT2D eigenvalue weighted by Crippen LogP contribution is 2.35. The second kappa shape index (κ2) is 8.82. The van der Waals surface area contributed by atoms with Gasteiger partial charge >= 0.3 is 6.18 Å². The third-order valence-corrected chi connectivity index (χ3v) is 5.52. The number of aryl methyl sites for hydroxylation is 2. The van der Waals surface area contributed by atoms with Gasteiger partial charge in [-0.3, -0.25) is 9.78 Å². The van der Waals surface area contributed by atoms with Gasteiger partial charge in [-0.25, -0.2) is 0 Å². The van der Waals surface area contributed by atoms with Gasteiger partial charge in [-0.1, -0.05) is 6.07 Å². The van der Waals surface area contributed by atoms with Gasteiger partial charge in [0.25, 0.3) is 5.91 Å². The number of aromatic nitrogens is 1. The number of ether oxygens (including phenoxy) is 1. The molecule has 0 fully saturated rings. The lowest BCUT2D eigenvalue weighted by Crippen LogP contribution is -2.40. The smallest absolute Gasteiger partial charge is 0.391 e. The summed E-state index contributed by atoms with van der Waals surface area (Å²) in [5.74, 6) is 0.0271.